The number of benzene rings is 1. The monoisotopic (exact) mass is 301 g/mol. The fraction of sp³-hybridized carbons (Fsp3) is 0.400. The molecule has 1 N–H and O–H groups in total. The third kappa shape index (κ3) is 2.55. The fourth-order valence-corrected chi connectivity index (χ4v) is 2.75. The molecule has 4 rings (SSSR count). The van der Waals surface area contributed by atoms with Crippen molar-refractivity contribution < 1.29 is 13.7 Å². The van der Waals surface area contributed by atoms with Crippen LogP contribution in [0, 0.1) is 5.92 Å². The second-order valence-electron chi connectivity index (χ2n) is 5.50. The van der Waals surface area contributed by atoms with Crippen molar-refractivity contribution in [3.8, 4) is 11.5 Å². The van der Waals surface area contributed by atoms with Crippen LogP contribution >= 0.6 is 0 Å². The van der Waals surface area contributed by atoms with Crippen LogP contribution in [0.1, 0.15) is 18.7 Å². The lowest BCUT2D eigenvalue weighted by atomic mass is 9.96. The predicted octanol–water partition coefficient (Wildman–Crippen LogP) is 2.14. The zero-order valence-corrected chi connectivity index (χ0v) is 11.9. The van der Waals surface area contributed by atoms with Crippen LogP contribution in [0.15, 0.2) is 31.9 Å². The van der Waals surface area contributed by atoms with E-state index in [0.717, 1.165) is 38.0 Å². The Bertz CT molecular complexity index is 842. The van der Waals surface area contributed by atoms with Gasteiger partial charge in [-0.15, -0.1) is 0 Å². The van der Waals surface area contributed by atoms with Crippen molar-refractivity contribution >= 4 is 11.1 Å². The summed E-state index contributed by atoms with van der Waals surface area (Å²) < 4.78 is 15.7. The van der Waals surface area contributed by atoms with Crippen LogP contribution < -0.4 is 5.76 Å². The molecule has 7 heteroatoms. The average Bonchev–Trinajstić information content (AvgIpc) is 3.13. The molecule has 0 aliphatic carbocycles. The van der Waals surface area contributed by atoms with Crippen LogP contribution in [0.5, 0.6) is 0 Å². The minimum absolute atomic E-state index is 0.450. The Morgan fingerprint density at radius 1 is 1.27 bits per heavy atom. The topological polar surface area (TPSA) is 94.2 Å². The molecule has 1 aliphatic rings. The Morgan fingerprint density at radius 3 is 3.00 bits per heavy atom. The molecule has 0 spiro atoms. The number of nitrogens with one attached hydrogen (secondary N) is 1. The van der Waals surface area contributed by atoms with E-state index in [1.165, 1.54) is 0 Å². The van der Waals surface area contributed by atoms with Gasteiger partial charge in [-0.2, -0.15) is 4.98 Å². The number of ether oxygens (including phenoxy) is 1. The van der Waals surface area contributed by atoms with Crippen molar-refractivity contribution in [3.05, 3.63) is 34.6 Å². The number of rotatable bonds is 3. The lowest BCUT2D eigenvalue weighted by Gasteiger charge is -2.20. The van der Waals surface area contributed by atoms with Crippen molar-refractivity contribution in [3.63, 3.8) is 0 Å². The van der Waals surface area contributed by atoms with Gasteiger partial charge in [0.05, 0.1) is 5.52 Å². The molecule has 1 fully saturated rings. The number of nitrogens with zero attached hydrogens (tertiary/aromatic N) is 2. The van der Waals surface area contributed by atoms with Crippen molar-refractivity contribution in [2.24, 2.45) is 5.92 Å². The van der Waals surface area contributed by atoms with Gasteiger partial charge in [-0.25, -0.2) is 4.79 Å². The summed E-state index contributed by atoms with van der Waals surface area (Å²) in [7, 11) is 0. The quantitative estimate of drug-likeness (QED) is 0.796. The molecule has 0 bridgehead atoms. The Kier molecular flexibility index (Phi) is 3.27. The van der Waals surface area contributed by atoms with Crippen LogP contribution in [-0.2, 0) is 11.2 Å². The molecule has 22 heavy (non-hydrogen) atoms. The smallest absolute Gasteiger partial charge is 0.408 e. The van der Waals surface area contributed by atoms with Gasteiger partial charge in [0.2, 0.25) is 0 Å². The number of aromatic nitrogens is 3. The first kappa shape index (κ1) is 13.3. The van der Waals surface area contributed by atoms with Crippen LogP contribution in [-0.4, -0.2) is 28.3 Å². The van der Waals surface area contributed by atoms with E-state index in [0.29, 0.717) is 28.7 Å². The lowest BCUT2D eigenvalue weighted by Crippen LogP contribution is -2.18. The van der Waals surface area contributed by atoms with E-state index in [4.69, 9.17) is 13.7 Å². The highest BCUT2D eigenvalue weighted by atomic mass is 16.5. The van der Waals surface area contributed by atoms with Crippen LogP contribution in [0.25, 0.3) is 22.6 Å². The Morgan fingerprint density at radius 2 is 2.14 bits per heavy atom. The molecule has 0 saturated carbocycles. The summed E-state index contributed by atoms with van der Waals surface area (Å²) in [6, 6.07) is 5.28. The van der Waals surface area contributed by atoms with Gasteiger partial charge in [0, 0.05) is 25.2 Å². The van der Waals surface area contributed by atoms with E-state index in [9.17, 15) is 4.79 Å². The highest BCUT2D eigenvalue weighted by Crippen LogP contribution is 2.23. The van der Waals surface area contributed by atoms with Gasteiger partial charge in [0.15, 0.2) is 11.4 Å². The minimum Gasteiger partial charge on any atom is -0.408 e. The second kappa shape index (κ2) is 5.42. The van der Waals surface area contributed by atoms with Gasteiger partial charge in [-0.05, 0) is 37.0 Å². The zero-order valence-electron chi connectivity index (χ0n) is 11.9. The molecule has 3 aromatic rings. The molecule has 1 saturated heterocycles. The molecule has 2 aromatic heterocycles. The summed E-state index contributed by atoms with van der Waals surface area (Å²) in [5, 5.41) is 4.05. The Balaban J connectivity index is 1.57. The third-order valence-electron chi connectivity index (χ3n) is 3.95. The highest BCUT2D eigenvalue weighted by Gasteiger charge is 2.18. The first-order valence-electron chi connectivity index (χ1n) is 7.31. The average molecular weight is 301 g/mol. The van der Waals surface area contributed by atoms with E-state index in [-0.39, 0.29) is 0 Å². The minimum atomic E-state index is -0.474. The van der Waals surface area contributed by atoms with Crippen molar-refractivity contribution in [1.82, 2.24) is 15.1 Å². The Labute approximate surface area is 125 Å². The van der Waals surface area contributed by atoms with E-state index < -0.39 is 5.76 Å². The van der Waals surface area contributed by atoms with Gasteiger partial charge in [0.1, 0.15) is 0 Å². The number of H-pyrrole nitrogens is 1. The highest BCUT2D eigenvalue weighted by molar-refractivity contribution is 5.77. The fourth-order valence-electron chi connectivity index (χ4n) is 2.75. The number of hydrogen-bond acceptors (Lipinski definition) is 6. The molecular weight excluding hydrogens is 286 g/mol. The maximum Gasteiger partial charge on any atom is 0.417 e. The summed E-state index contributed by atoms with van der Waals surface area (Å²) >= 11 is 0. The maximum absolute atomic E-state index is 11.2. The summed E-state index contributed by atoms with van der Waals surface area (Å²) in [5.41, 5.74) is 1.89. The number of oxazole rings is 1. The maximum atomic E-state index is 11.2. The predicted molar refractivity (Wildman–Crippen MR) is 77.4 cm³/mol. The van der Waals surface area contributed by atoms with E-state index in [2.05, 4.69) is 15.1 Å². The molecule has 0 unspecified atom stereocenters. The molecule has 1 aliphatic heterocycles. The molecule has 0 radical (unpaired) electrons. The first-order chi connectivity index (χ1) is 10.8. The Hall–Kier alpha value is -2.41. The number of hydrogen-bond donors (Lipinski definition) is 1. The second-order valence-corrected chi connectivity index (χ2v) is 5.50. The molecule has 1 aromatic carbocycles. The van der Waals surface area contributed by atoms with E-state index in [1.54, 1.807) is 18.2 Å². The van der Waals surface area contributed by atoms with E-state index >= 15 is 0 Å². The normalized spacial score (nSPS) is 16.4. The molecule has 0 atom stereocenters. The van der Waals surface area contributed by atoms with Crippen LogP contribution in [0.2, 0.25) is 0 Å². The molecular formula is C15H15N3O4. The summed E-state index contributed by atoms with van der Waals surface area (Å²) in [4.78, 5) is 18.2. The third-order valence-corrected chi connectivity index (χ3v) is 3.95. The van der Waals surface area contributed by atoms with Gasteiger partial charge in [-0.1, -0.05) is 5.16 Å². The number of fused-ring (bicyclic) bond motifs is 1. The van der Waals surface area contributed by atoms with Crippen molar-refractivity contribution in [2.75, 3.05) is 13.2 Å². The molecule has 114 valence electrons. The summed E-state index contributed by atoms with van der Waals surface area (Å²) in [6.45, 7) is 1.61. The van der Waals surface area contributed by atoms with Crippen LogP contribution in [0.3, 0.4) is 0 Å². The van der Waals surface area contributed by atoms with Gasteiger partial charge < -0.3 is 13.7 Å². The van der Waals surface area contributed by atoms with Gasteiger partial charge in [0.25, 0.3) is 5.89 Å². The molecule has 7 nitrogen and oxygen atoms in total. The first-order valence-corrected chi connectivity index (χ1v) is 7.31. The molecule has 3 heterocycles. The van der Waals surface area contributed by atoms with Gasteiger partial charge in [-0.3, -0.25) is 4.98 Å². The van der Waals surface area contributed by atoms with Crippen molar-refractivity contribution in [1.29, 1.82) is 0 Å². The standard InChI is InChI=1S/C15H15N3O4/c19-15-16-11-8-10(1-2-12(11)21-15)14-17-13(18-22-14)7-9-3-5-20-6-4-9/h1-2,8-9H,3-7H2,(H,16,19). The lowest BCUT2D eigenvalue weighted by molar-refractivity contribution is 0.0658. The summed E-state index contributed by atoms with van der Waals surface area (Å²) in [5.74, 6) is 1.23. The van der Waals surface area contributed by atoms with Gasteiger partial charge >= 0.3 is 5.76 Å². The van der Waals surface area contributed by atoms with Crippen LogP contribution in [0.4, 0.5) is 0 Å². The largest absolute Gasteiger partial charge is 0.417 e. The summed E-state index contributed by atoms with van der Waals surface area (Å²) in [6.07, 6.45) is 2.87. The van der Waals surface area contributed by atoms with Crippen molar-refractivity contribution in [2.45, 2.75) is 19.3 Å². The molecule has 0 amide bonds. The zero-order chi connectivity index (χ0) is 14.9. The van der Waals surface area contributed by atoms with E-state index in [1.807, 2.05) is 0 Å². The SMILES string of the molecule is O=c1[nH]c2cc(-c3nc(CC4CCOCC4)no3)ccc2o1. The number of aromatic amines is 1.